The molecule has 0 fully saturated rings. The third-order valence-corrected chi connectivity index (χ3v) is 3.47. The summed E-state index contributed by atoms with van der Waals surface area (Å²) in [5, 5.41) is 15.8. The highest BCUT2D eigenvalue weighted by atomic mass is 16.5. The van der Waals surface area contributed by atoms with Gasteiger partial charge in [0, 0.05) is 6.04 Å². The van der Waals surface area contributed by atoms with Gasteiger partial charge in [0.1, 0.15) is 12.9 Å². The Morgan fingerprint density at radius 1 is 1.23 bits per heavy atom. The maximum Gasteiger partial charge on any atom is 0.340 e. The van der Waals surface area contributed by atoms with E-state index in [1.54, 1.807) is 18.2 Å². The van der Waals surface area contributed by atoms with E-state index in [4.69, 9.17) is 4.74 Å². The van der Waals surface area contributed by atoms with Crippen molar-refractivity contribution >= 4 is 23.5 Å². The average molecular weight is 360 g/mol. The van der Waals surface area contributed by atoms with Crippen LogP contribution in [0.5, 0.6) is 0 Å². The predicted molar refractivity (Wildman–Crippen MR) is 91.1 cm³/mol. The molecule has 0 aliphatic carbocycles. The Morgan fingerprint density at radius 2 is 2.00 bits per heavy atom. The summed E-state index contributed by atoms with van der Waals surface area (Å²) in [5.41, 5.74) is 0.423. The van der Waals surface area contributed by atoms with Gasteiger partial charge in [0.15, 0.2) is 6.61 Å². The maximum atomic E-state index is 12.2. The molecule has 0 spiro atoms. The number of tetrazole rings is 1. The van der Waals surface area contributed by atoms with Gasteiger partial charge in [-0.15, -0.1) is 5.10 Å². The van der Waals surface area contributed by atoms with Crippen molar-refractivity contribution in [2.24, 2.45) is 0 Å². The Labute approximate surface area is 149 Å². The van der Waals surface area contributed by atoms with Gasteiger partial charge in [0.05, 0.1) is 11.3 Å². The lowest BCUT2D eigenvalue weighted by Gasteiger charge is -2.13. The van der Waals surface area contributed by atoms with E-state index in [-0.39, 0.29) is 29.7 Å². The summed E-state index contributed by atoms with van der Waals surface area (Å²) in [7, 11) is 0. The number of aromatic nitrogens is 4. The lowest BCUT2D eigenvalue weighted by Crippen LogP contribution is -2.35. The number of rotatable bonds is 8. The molecule has 2 aromatic rings. The molecule has 0 bridgehead atoms. The molecule has 10 heteroatoms. The van der Waals surface area contributed by atoms with Crippen molar-refractivity contribution in [2.45, 2.75) is 32.9 Å². The molecule has 0 aliphatic heterocycles. The van der Waals surface area contributed by atoms with Crippen LogP contribution in [0.15, 0.2) is 30.6 Å². The van der Waals surface area contributed by atoms with E-state index in [1.807, 2.05) is 13.8 Å². The molecule has 0 unspecified atom stereocenters. The summed E-state index contributed by atoms with van der Waals surface area (Å²) in [6.45, 7) is 3.30. The largest absolute Gasteiger partial charge is 0.452 e. The number of hydrogen-bond acceptors (Lipinski definition) is 7. The molecule has 0 saturated heterocycles. The highest BCUT2D eigenvalue weighted by Crippen LogP contribution is 2.16. The summed E-state index contributed by atoms with van der Waals surface area (Å²) in [6, 6.07) is 6.36. The number of benzene rings is 1. The third kappa shape index (κ3) is 5.65. The van der Waals surface area contributed by atoms with Crippen LogP contribution in [-0.2, 0) is 20.9 Å². The van der Waals surface area contributed by atoms with E-state index in [0.29, 0.717) is 0 Å². The van der Waals surface area contributed by atoms with E-state index in [2.05, 4.69) is 26.2 Å². The summed E-state index contributed by atoms with van der Waals surface area (Å²) in [6.07, 6.45) is 2.07. The fourth-order valence-electron chi connectivity index (χ4n) is 1.99. The Hall–Kier alpha value is -3.30. The van der Waals surface area contributed by atoms with Gasteiger partial charge in [-0.05, 0) is 35.9 Å². The van der Waals surface area contributed by atoms with Gasteiger partial charge >= 0.3 is 5.97 Å². The first-order valence-corrected chi connectivity index (χ1v) is 8.05. The van der Waals surface area contributed by atoms with E-state index in [9.17, 15) is 14.4 Å². The zero-order chi connectivity index (χ0) is 18.9. The van der Waals surface area contributed by atoms with Crippen LogP contribution in [0.2, 0.25) is 0 Å². The standard InChI is InChI=1S/C16H20N6O4/c1-3-11(2)18-15(24)9-26-16(25)12-6-4-5-7-13(12)19-14(23)8-22-10-17-20-21-22/h4-7,10-11H,3,8-9H2,1-2H3,(H,18,24)(H,19,23)/t11-/m0/s1. The van der Waals surface area contributed by atoms with Crippen LogP contribution in [-0.4, -0.2) is 50.6 Å². The molecule has 1 aromatic heterocycles. The van der Waals surface area contributed by atoms with Crippen LogP contribution in [0.25, 0.3) is 0 Å². The SMILES string of the molecule is CC[C@H](C)NC(=O)COC(=O)c1ccccc1NC(=O)Cn1cnnn1. The normalized spacial score (nSPS) is 11.5. The number of carbonyl (C=O) groups is 3. The molecular weight excluding hydrogens is 340 g/mol. The van der Waals surface area contributed by atoms with Gasteiger partial charge in [-0.1, -0.05) is 19.1 Å². The van der Waals surface area contributed by atoms with Crippen molar-refractivity contribution in [3.05, 3.63) is 36.2 Å². The van der Waals surface area contributed by atoms with Crippen LogP contribution >= 0.6 is 0 Å². The van der Waals surface area contributed by atoms with Gasteiger partial charge in [-0.3, -0.25) is 9.59 Å². The Balaban J connectivity index is 1.95. The van der Waals surface area contributed by atoms with E-state index in [0.717, 1.165) is 6.42 Å². The van der Waals surface area contributed by atoms with Gasteiger partial charge in [0.2, 0.25) is 5.91 Å². The van der Waals surface area contributed by atoms with Crippen molar-refractivity contribution in [3.8, 4) is 0 Å². The molecule has 0 aliphatic rings. The molecule has 2 rings (SSSR count). The first-order chi connectivity index (χ1) is 12.5. The molecule has 138 valence electrons. The predicted octanol–water partition coefficient (Wildman–Crippen LogP) is 0.383. The van der Waals surface area contributed by atoms with Crippen molar-refractivity contribution in [1.82, 2.24) is 25.5 Å². The Kier molecular flexibility index (Phi) is 6.77. The van der Waals surface area contributed by atoms with Crippen LogP contribution in [0.1, 0.15) is 30.6 Å². The smallest absolute Gasteiger partial charge is 0.340 e. The van der Waals surface area contributed by atoms with Gasteiger partial charge in [-0.2, -0.15) is 0 Å². The molecule has 0 radical (unpaired) electrons. The fourth-order valence-corrected chi connectivity index (χ4v) is 1.99. The van der Waals surface area contributed by atoms with E-state index < -0.39 is 18.5 Å². The number of anilines is 1. The Morgan fingerprint density at radius 3 is 2.69 bits per heavy atom. The number of amides is 2. The summed E-state index contributed by atoms with van der Waals surface area (Å²) in [4.78, 5) is 36.0. The molecule has 1 heterocycles. The topological polar surface area (TPSA) is 128 Å². The van der Waals surface area contributed by atoms with Crippen LogP contribution in [0.3, 0.4) is 0 Å². The number of carbonyl (C=O) groups excluding carboxylic acids is 3. The van der Waals surface area contributed by atoms with Crippen molar-refractivity contribution in [3.63, 3.8) is 0 Å². The summed E-state index contributed by atoms with van der Waals surface area (Å²) in [5.74, 6) is -1.50. The first kappa shape index (κ1) is 19.0. The minimum Gasteiger partial charge on any atom is -0.452 e. The number of ether oxygens (including phenoxy) is 1. The molecule has 0 saturated carbocycles. The average Bonchev–Trinajstić information content (AvgIpc) is 3.12. The van der Waals surface area contributed by atoms with Crippen molar-refractivity contribution < 1.29 is 19.1 Å². The van der Waals surface area contributed by atoms with Crippen LogP contribution < -0.4 is 10.6 Å². The number of nitrogens with zero attached hydrogens (tertiary/aromatic N) is 4. The molecule has 2 N–H and O–H groups in total. The molecule has 26 heavy (non-hydrogen) atoms. The molecule has 2 amide bonds. The van der Waals surface area contributed by atoms with Crippen molar-refractivity contribution in [2.75, 3.05) is 11.9 Å². The minimum absolute atomic E-state index is 0.000878. The lowest BCUT2D eigenvalue weighted by atomic mass is 10.2. The number of nitrogens with one attached hydrogen (secondary N) is 2. The molecular formula is C16H20N6O4. The second kappa shape index (κ2) is 9.25. The second-order valence-electron chi connectivity index (χ2n) is 5.55. The first-order valence-electron chi connectivity index (χ1n) is 8.05. The van der Waals surface area contributed by atoms with Crippen LogP contribution in [0.4, 0.5) is 5.69 Å². The summed E-state index contributed by atoms with van der Waals surface area (Å²) < 4.78 is 6.27. The van der Waals surface area contributed by atoms with Crippen molar-refractivity contribution in [1.29, 1.82) is 0 Å². The number of para-hydroxylation sites is 1. The molecule has 1 atom stereocenters. The fraction of sp³-hybridized carbons (Fsp3) is 0.375. The second-order valence-corrected chi connectivity index (χ2v) is 5.55. The molecule has 10 nitrogen and oxygen atoms in total. The van der Waals surface area contributed by atoms with Gasteiger partial charge in [-0.25, -0.2) is 9.48 Å². The number of esters is 1. The van der Waals surface area contributed by atoms with E-state index >= 15 is 0 Å². The molecule has 1 aromatic carbocycles. The number of hydrogen-bond donors (Lipinski definition) is 2. The van der Waals surface area contributed by atoms with E-state index in [1.165, 1.54) is 17.1 Å². The van der Waals surface area contributed by atoms with Gasteiger partial charge in [0.25, 0.3) is 5.91 Å². The maximum absolute atomic E-state index is 12.2. The van der Waals surface area contributed by atoms with Gasteiger partial charge < -0.3 is 15.4 Å². The monoisotopic (exact) mass is 360 g/mol. The quantitative estimate of drug-likeness (QED) is 0.651. The zero-order valence-corrected chi connectivity index (χ0v) is 14.5. The highest BCUT2D eigenvalue weighted by Gasteiger charge is 2.16. The lowest BCUT2D eigenvalue weighted by molar-refractivity contribution is -0.124. The van der Waals surface area contributed by atoms with Crippen LogP contribution in [0, 0.1) is 0 Å². The summed E-state index contributed by atoms with van der Waals surface area (Å²) >= 11 is 0. The third-order valence-electron chi connectivity index (χ3n) is 3.47. The zero-order valence-electron chi connectivity index (χ0n) is 14.5. The Bertz CT molecular complexity index is 762. The highest BCUT2D eigenvalue weighted by molar-refractivity contribution is 6.01. The minimum atomic E-state index is -0.706.